The van der Waals surface area contributed by atoms with Crippen LogP contribution in [0.1, 0.15) is 21.5 Å². The molecule has 0 saturated carbocycles. The van der Waals surface area contributed by atoms with Gasteiger partial charge in [0, 0.05) is 18.0 Å². The summed E-state index contributed by atoms with van der Waals surface area (Å²) in [6, 6.07) is 3.94. The molecular weight excluding hydrogens is 258 g/mol. The quantitative estimate of drug-likeness (QED) is 0.792. The maximum absolute atomic E-state index is 12.2. The molecule has 1 aromatic rings. The molecule has 1 saturated heterocycles. The predicted octanol–water partition coefficient (Wildman–Crippen LogP) is 2.39. The fourth-order valence-electron chi connectivity index (χ4n) is 1.84. The van der Waals surface area contributed by atoms with Gasteiger partial charge < -0.3 is 9.64 Å². The minimum atomic E-state index is -0.0278. The molecule has 1 atom stereocenters. The summed E-state index contributed by atoms with van der Waals surface area (Å²) in [5.41, 5.74) is 0. The number of hydrogen-bond acceptors (Lipinski definition) is 3. The normalized spacial score (nSPS) is 20.6. The Hall–Kier alpha value is -0.580. The molecule has 0 aliphatic carbocycles. The lowest BCUT2D eigenvalue weighted by Gasteiger charge is -2.31. The van der Waals surface area contributed by atoms with Crippen molar-refractivity contribution in [3.63, 3.8) is 0 Å². The summed E-state index contributed by atoms with van der Waals surface area (Å²) in [5, 5.41) is 0. The third kappa shape index (κ3) is 3.00. The number of amides is 1. The molecule has 3 nitrogen and oxygen atoms in total. The van der Waals surface area contributed by atoms with Crippen LogP contribution in [0.2, 0.25) is 0 Å². The first kappa shape index (κ1) is 12.9. The van der Waals surface area contributed by atoms with E-state index in [1.54, 1.807) is 11.3 Å². The van der Waals surface area contributed by atoms with Crippen molar-refractivity contribution in [2.75, 3.05) is 25.6 Å². The maximum Gasteiger partial charge on any atom is 0.264 e. The van der Waals surface area contributed by atoms with Gasteiger partial charge in [-0.05, 0) is 18.6 Å². The number of alkyl halides is 1. The summed E-state index contributed by atoms with van der Waals surface area (Å²) >= 11 is 7.34. The molecule has 5 heteroatoms. The smallest absolute Gasteiger partial charge is 0.264 e. The fraction of sp³-hybridized carbons (Fsp3) is 0.583. The second kappa shape index (κ2) is 5.85. The molecule has 1 fully saturated rings. The second-order valence-corrected chi connectivity index (χ2v) is 5.49. The lowest BCUT2D eigenvalue weighted by Crippen LogP contribution is -2.46. The number of carbonyl (C=O) groups is 1. The number of rotatable bonds is 3. The van der Waals surface area contributed by atoms with Crippen LogP contribution in [0.15, 0.2) is 12.1 Å². The van der Waals surface area contributed by atoms with Crippen LogP contribution in [0.3, 0.4) is 0 Å². The van der Waals surface area contributed by atoms with Crippen LogP contribution in [-0.2, 0) is 11.2 Å². The van der Waals surface area contributed by atoms with Crippen molar-refractivity contribution >= 4 is 28.8 Å². The van der Waals surface area contributed by atoms with Crippen molar-refractivity contribution in [1.82, 2.24) is 4.90 Å². The average molecular weight is 274 g/mol. The van der Waals surface area contributed by atoms with Crippen LogP contribution in [0, 0.1) is 0 Å². The van der Waals surface area contributed by atoms with Gasteiger partial charge in [-0.3, -0.25) is 4.79 Å². The van der Waals surface area contributed by atoms with Gasteiger partial charge in [0.25, 0.3) is 5.91 Å². The highest BCUT2D eigenvalue weighted by molar-refractivity contribution is 7.14. The lowest BCUT2D eigenvalue weighted by molar-refractivity contribution is -0.0106. The van der Waals surface area contributed by atoms with Crippen LogP contribution in [0.4, 0.5) is 0 Å². The van der Waals surface area contributed by atoms with Gasteiger partial charge in [0.1, 0.15) is 0 Å². The van der Waals surface area contributed by atoms with Gasteiger partial charge in [0.05, 0.1) is 23.5 Å². The molecule has 17 heavy (non-hydrogen) atoms. The zero-order valence-corrected chi connectivity index (χ0v) is 11.4. The second-order valence-electron chi connectivity index (χ2n) is 4.02. The van der Waals surface area contributed by atoms with E-state index in [2.05, 4.69) is 6.92 Å². The van der Waals surface area contributed by atoms with E-state index in [1.807, 2.05) is 17.0 Å². The molecule has 1 unspecified atom stereocenters. The molecular formula is C12H16ClNO2S. The van der Waals surface area contributed by atoms with Gasteiger partial charge in [0.15, 0.2) is 0 Å². The molecule has 1 amide bonds. The van der Waals surface area contributed by atoms with Crippen LogP contribution in [-0.4, -0.2) is 42.5 Å². The highest BCUT2D eigenvalue weighted by Crippen LogP contribution is 2.20. The van der Waals surface area contributed by atoms with Crippen LogP contribution >= 0.6 is 22.9 Å². The van der Waals surface area contributed by atoms with Gasteiger partial charge in [0.2, 0.25) is 0 Å². The van der Waals surface area contributed by atoms with Gasteiger partial charge in [-0.2, -0.15) is 0 Å². The van der Waals surface area contributed by atoms with Crippen molar-refractivity contribution in [3.05, 3.63) is 21.9 Å². The Morgan fingerprint density at radius 2 is 2.47 bits per heavy atom. The summed E-state index contributed by atoms with van der Waals surface area (Å²) in [6.07, 6.45) is 0.950. The van der Waals surface area contributed by atoms with Crippen LogP contribution in [0.25, 0.3) is 0 Å². The molecule has 0 N–H and O–H groups in total. The Bertz CT molecular complexity index is 394. The number of morpholine rings is 1. The highest BCUT2D eigenvalue weighted by atomic mass is 35.5. The third-order valence-electron chi connectivity index (χ3n) is 2.82. The Morgan fingerprint density at radius 1 is 1.65 bits per heavy atom. The Morgan fingerprint density at radius 3 is 3.12 bits per heavy atom. The van der Waals surface area contributed by atoms with E-state index >= 15 is 0 Å². The summed E-state index contributed by atoms with van der Waals surface area (Å²) in [7, 11) is 0. The highest BCUT2D eigenvalue weighted by Gasteiger charge is 2.25. The summed E-state index contributed by atoms with van der Waals surface area (Å²) < 4.78 is 5.45. The topological polar surface area (TPSA) is 29.5 Å². The Kier molecular flexibility index (Phi) is 4.42. The average Bonchev–Trinajstić information content (AvgIpc) is 2.86. The molecule has 2 rings (SSSR count). The van der Waals surface area contributed by atoms with Crippen molar-refractivity contribution in [2.24, 2.45) is 0 Å². The first-order chi connectivity index (χ1) is 8.24. The van der Waals surface area contributed by atoms with E-state index in [4.69, 9.17) is 16.3 Å². The van der Waals surface area contributed by atoms with Gasteiger partial charge >= 0.3 is 0 Å². The largest absolute Gasteiger partial charge is 0.373 e. The first-order valence-corrected chi connectivity index (χ1v) is 7.15. The van der Waals surface area contributed by atoms with Gasteiger partial charge in [-0.15, -0.1) is 22.9 Å². The third-order valence-corrected chi connectivity index (χ3v) is 4.38. The Labute approximate surface area is 110 Å². The van der Waals surface area contributed by atoms with E-state index in [-0.39, 0.29) is 12.0 Å². The zero-order chi connectivity index (χ0) is 12.3. The molecule has 1 aromatic heterocycles. The maximum atomic E-state index is 12.2. The molecule has 94 valence electrons. The minimum absolute atomic E-state index is 0.0278. The SMILES string of the molecule is CCc1ccc(C(=O)N2CCOC(CCl)C2)s1. The number of thiophene rings is 1. The number of hydrogen-bond donors (Lipinski definition) is 0. The number of ether oxygens (including phenoxy) is 1. The zero-order valence-electron chi connectivity index (χ0n) is 9.82. The number of aryl methyl sites for hydroxylation is 1. The Balaban J connectivity index is 2.03. The monoisotopic (exact) mass is 273 g/mol. The van der Waals surface area contributed by atoms with Crippen molar-refractivity contribution in [1.29, 1.82) is 0 Å². The summed E-state index contributed by atoms with van der Waals surface area (Å²) in [5.74, 6) is 0.544. The minimum Gasteiger partial charge on any atom is -0.373 e. The fourth-order valence-corrected chi connectivity index (χ4v) is 2.94. The molecule has 1 aliphatic heterocycles. The van der Waals surface area contributed by atoms with E-state index in [9.17, 15) is 4.79 Å². The van der Waals surface area contributed by atoms with E-state index in [0.717, 1.165) is 11.3 Å². The van der Waals surface area contributed by atoms with Crippen LogP contribution < -0.4 is 0 Å². The molecule has 0 bridgehead atoms. The van der Waals surface area contributed by atoms with Gasteiger partial charge in [-0.25, -0.2) is 0 Å². The molecule has 0 aromatic carbocycles. The molecule has 0 radical (unpaired) electrons. The first-order valence-electron chi connectivity index (χ1n) is 5.80. The van der Waals surface area contributed by atoms with Crippen molar-refractivity contribution < 1.29 is 9.53 Å². The van der Waals surface area contributed by atoms with Crippen LogP contribution in [0.5, 0.6) is 0 Å². The van der Waals surface area contributed by atoms with Gasteiger partial charge in [-0.1, -0.05) is 6.92 Å². The van der Waals surface area contributed by atoms with E-state index in [0.29, 0.717) is 25.6 Å². The summed E-state index contributed by atoms with van der Waals surface area (Å²) in [4.78, 5) is 16.1. The van der Waals surface area contributed by atoms with Crippen molar-refractivity contribution in [2.45, 2.75) is 19.4 Å². The molecule has 0 spiro atoms. The predicted molar refractivity (Wildman–Crippen MR) is 70.1 cm³/mol. The molecule has 2 heterocycles. The standard InChI is InChI=1S/C12H16ClNO2S/c1-2-10-3-4-11(17-10)12(15)14-5-6-16-9(7-13)8-14/h3-4,9H,2,5-8H2,1H3. The summed E-state index contributed by atoms with van der Waals surface area (Å²) in [6.45, 7) is 3.93. The van der Waals surface area contributed by atoms with Crippen molar-refractivity contribution in [3.8, 4) is 0 Å². The number of halogens is 1. The number of nitrogens with zero attached hydrogens (tertiary/aromatic N) is 1. The molecule has 1 aliphatic rings. The van der Waals surface area contributed by atoms with E-state index < -0.39 is 0 Å². The van der Waals surface area contributed by atoms with E-state index in [1.165, 1.54) is 4.88 Å². The number of carbonyl (C=O) groups excluding carboxylic acids is 1. The lowest BCUT2D eigenvalue weighted by atomic mass is 10.3.